The average molecular weight is 1410 g/mol. The molecule has 22 N–H and O–H groups in total. The van der Waals surface area contributed by atoms with Gasteiger partial charge in [-0.25, -0.2) is 4.18 Å². The average Bonchev–Trinajstić information content (AvgIpc) is 0.810. The molecule has 96 heavy (non-hydrogen) atoms. The van der Waals surface area contributed by atoms with Gasteiger partial charge >= 0.3 is 10.4 Å². The van der Waals surface area contributed by atoms with Crippen molar-refractivity contribution in [1.82, 2.24) is 0 Å². The van der Waals surface area contributed by atoms with Crippen LogP contribution >= 0.6 is 0 Å². The van der Waals surface area contributed by atoms with Crippen molar-refractivity contribution in [3.05, 3.63) is 61.3 Å². The third-order valence-electron chi connectivity index (χ3n) is 18.9. The Morgan fingerprint density at radius 3 is 1.72 bits per heavy atom. The summed E-state index contributed by atoms with van der Waals surface area (Å²) >= 11 is 0. The van der Waals surface area contributed by atoms with E-state index in [-0.39, 0.29) is 89.0 Å². The molecule has 0 amide bonds. The minimum atomic E-state index is -4.78. The number of hydrogen-bond acceptors (Lipinski definition) is 26. The second-order valence-corrected chi connectivity index (χ2v) is 28.2. The fourth-order valence-electron chi connectivity index (χ4n) is 12.4. The van der Waals surface area contributed by atoms with Crippen molar-refractivity contribution in [2.45, 2.75) is 340 Å². The fraction of sp³-hybridized carbons (Fsp3) is 0.853. The van der Waals surface area contributed by atoms with E-state index in [4.69, 9.17) is 19.1 Å². The van der Waals surface area contributed by atoms with E-state index in [0.717, 1.165) is 51.4 Å². The number of rotatable bonds is 53. The Kier molecular flexibility index (Phi) is 44.6. The van der Waals surface area contributed by atoms with Gasteiger partial charge in [0.05, 0.1) is 92.1 Å². The number of allylic oxidation sites excluding steroid dienone is 4. The molecule has 564 valence electrons. The minimum Gasteiger partial charge on any atom is -0.394 e. The zero-order chi connectivity index (χ0) is 72.4. The number of aliphatic hydroxyl groups is 21. The van der Waals surface area contributed by atoms with Crippen molar-refractivity contribution in [3.8, 4) is 0 Å². The Bertz CT molecular complexity index is 2270. The predicted molar refractivity (Wildman–Crippen MR) is 355 cm³/mol. The van der Waals surface area contributed by atoms with Crippen LogP contribution in [0.25, 0.3) is 0 Å². The van der Waals surface area contributed by atoms with Crippen LogP contribution < -0.4 is 0 Å². The molecule has 2 fully saturated rings. The van der Waals surface area contributed by atoms with Gasteiger partial charge in [-0.3, -0.25) is 4.55 Å². The molecule has 2 aliphatic rings. The van der Waals surface area contributed by atoms with Gasteiger partial charge in [-0.2, -0.15) is 8.42 Å². The molecule has 0 bridgehead atoms. The van der Waals surface area contributed by atoms with E-state index in [1.807, 2.05) is 6.08 Å². The highest BCUT2D eigenvalue weighted by Gasteiger charge is 2.49. The maximum Gasteiger partial charge on any atom is 0.397 e. The number of unbranched alkanes of at least 4 members (excludes halogenated alkanes) is 8. The van der Waals surface area contributed by atoms with Gasteiger partial charge < -0.3 is 117 Å². The first kappa shape index (κ1) is 89.7. The molecular weight excluding hydrogens is 1280 g/mol. The van der Waals surface area contributed by atoms with Crippen LogP contribution in [0.2, 0.25) is 0 Å². The SMILES string of the molecule is C=CC=CCCCCCCCCCC=CC(O)C(O)C1OC(C(O)C(O)C(=C)CCC(O)C2OC(CC(O)C(O)C(C)CCCC(O)C(O)C(O)C(C)CCC(O)C(O)C(C)CC(O)CCCC(O)CCCC(C=CCC(O)CO)OS(=O)(=O)O)C(O)C(O)C2O)CC(O)C1O. The molecule has 0 spiro atoms. The van der Waals surface area contributed by atoms with Crippen molar-refractivity contribution in [2.75, 3.05) is 6.61 Å². The molecule has 0 aromatic carbocycles. The van der Waals surface area contributed by atoms with Gasteiger partial charge in [-0.05, 0) is 139 Å². The van der Waals surface area contributed by atoms with E-state index >= 15 is 0 Å². The molecule has 0 saturated carbocycles. The summed E-state index contributed by atoms with van der Waals surface area (Å²) in [6.45, 7) is 11.8. The third-order valence-corrected chi connectivity index (χ3v) is 19.4. The summed E-state index contributed by atoms with van der Waals surface area (Å²) in [6, 6.07) is 0. The van der Waals surface area contributed by atoms with Crippen LogP contribution in [0.1, 0.15) is 188 Å². The number of aliphatic hydroxyl groups excluding tert-OH is 21. The topological polar surface area (TPSA) is 507 Å². The van der Waals surface area contributed by atoms with Crippen molar-refractivity contribution >= 4 is 10.4 Å². The summed E-state index contributed by atoms with van der Waals surface area (Å²) in [5, 5.41) is 225. The van der Waals surface area contributed by atoms with Crippen LogP contribution in [0.3, 0.4) is 0 Å². The Morgan fingerprint density at radius 2 is 1.10 bits per heavy atom. The molecule has 2 rings (SSSR count). The normalized spacial score (nSPS) is 27.6. The van der Waals surface area contributed by atoms with Gasteiger partial charge in [-0.1, -0.05) is 115 Å². The largest absolute Gasteiger partial charge is 0.397 e. The fourth-order valence-corrected chi connectivity index (χ4v) is 12.9. The van der Waals surface area contributed by atoms with Crippen LogP contribution in [0.4, 0.5) is 0 Å². The van der Waals surface area contributed by atoms with Crippen molar-refractivity contribution in [2.24, 2.45) is 17.8 Å². The molecule has 2 heterocycles. The van der Waals surface area contributed by atoms with Crippen LogP contribution in [-0.2, 0) is 24.1 Å². The lowest BCUT2D eigenvalue weighted by molar-refractivity contribution is -0.250. The molecule has 2 aliphatic heterocycles. The van der Waals surface area contributed by atoms with Gasteiger partial charge in [0.25, 0.3) is 0 Å². The molecule has 0 radical (unpaired) electrons. The molecule has 2 saturated heterocycles. The highest BCUT2D eigenvalue weighted by molar-refractivity contribution is 7.80. The number of hydrogen-bond donors (Lipinski definition) is 22. The van der Waals surface area contributed by atoms with Crippen LogP contribution in [0.15, 0.2) is 61.3 Å². The second kappa shape index (κ2) is 47.8. The summed E-state index contributed by atoms with van der Waals surface area (Å²) in [5.41, 5.74) is -0.0495. The van der Waals surface area contributed by atoms with E-state index in [1.54, 1.807) is 32.9 Å². The van der Waals surface area contributed by atoms with Crippen LogP contribution in [0.5, 0.6) is 0 Å². The summed E-state index contributed by atoms with van der Waals surface area (Å²) in [6.07, 6.45) is -15.3. The van der Waals surface area contributed by atoms with E-state index in [9.17, 15) is 111 Å². The summed E-state index contributed by atoms with van der Waals surface area (Å²) in [5.74, 6) is -1.90. The molecular formula is C68H124O27S. The lowest BCUT2D eigenvalue weighted by atomic mass is 9.85. The number of ether oxygens (including phenoxy) is 2. The maximum atomic E-state index is 11.2. The quantitative estimate of drug-likeness (QED) is 0.0169. The van der Waals surface area contributed by atoms with E-state index in [2.05, 4.69) is 23.4 Å². The van der Waals surface area contributed by atoms with E-state index in [1.165, 1.54) is 18.2 Å². The van der Waals surface area contributed by atoms with E-state index < -0.39 is 194 Å². The molecule has 27 nitrogen and oxygen atoms in total. The smallest absolute Gasteiger partial charge is 0.394 e. The second-order valence-electron chi connectivity index (χ2n) is 27.2. The molecule has 0 aromatic rings. The Hall–Kier alpha value is -2.35. The van der Waals surface area contributed by atoms with E-state index in [0.29, 0.717) is 25.7 Å². The standard InChI is InChI=1S/C68H124O27S/c1-6-7-8-9-10-11-12-13-14-15-16-17-18-30-49(74)61(84)68-62(85)53(78)38-54(94-68)63(86)59(82)42(4)33-35-51(76)67-66(89)65(88)64(87)55(93-67)37-52(77)56(79)40(2)23-19-31-48(73)60(83)58(81)41(3)32-34-50(75)57(80)43(5)36-45(71)26-20-24-44(70)25-21-28-47(95-96(90,91)92)29-22-27-46(72)39-69/h6-8,18,22,29-30,40-41,43-89H,1,4,9-17,19-21,23-28,31-39H2,2-3,5H3,(H,90,91,92). The summed E-state index contributed by atoms with van der Waals surface area (Å²) < 4.78 is 47.8. The summed E-state index contributed by atoms with van der Waals surface area (Å²) in [4.78, 5) is 0. The van der Waals surface area contributed by atoms with Gasteiger partial charge in [0.1, 0.15) is 67.1 Å². The van der Waals surface area contributed by atoms with Gasteiger partial charge in [0.2, 0.25) is 0 Å². The van der Waals surface area contributed by atoms with Crippen molar-refractivity contribution in [3.63, 3.8) is 0 Å². The Labute approximate surface area is 568 Å². The molecule has 28 unspecified atom stereocenters. The van der Waals surface area contributed by atoms with Gasteiger partial charge in [0.15, 0.2) is 0 Å². The van der Waals surface area contributed by atoms with Gasteiger partial charge in [0, 0.05) is 12.8 Å². The first-order valence-corrected chi connectivity index (χ1v) is 36.0. The van der Waals surface area contributed by atoms with Crippen LogP contribution in [-0.4, -0.2) is 279 Å². The monoisotopic (exact) mass is 1400 g/mol. The maximum absolute atomic E-state index is 11.2. The molecule has 28 atom stereocenters. The van der Waals surface area contributed by atoms with Crippen molar-refractivity contribution in [1.29, 1.82) is 0 Å². The zero-order valence-electron chi connectivity index (χ0n) is 56.5. The molecule has 0 aliphatic carbocycles. The predicted octanol–water partition coefficient (Wildman–Crippen LogP) is 0.381. The third kappa shape index (κ3) is 33.6. The highest BCUT2D eigenvalue weighted by atomic mass is 32.3. The molecule has 0 aromatic heterocycles. The highest BCUT2D eigenvalue weighted by Crippen LogP contribution is 2.33. The lowest BCUT2D eigenvalue weighted by Crippen LogP contribution is -2.61. The Morgan fingerprint density at radius 1 is 0.542 bits per heavy atom. The first-order valence-electron chi connectivity index (χ1n) is 34.6. The summed E-state index contributed by atoms with van der Waals surface area (Å²) in [7, 11) is -4.78. The first-order chi connectivity index (χ1) is 45.2. The van der Waals surface area contributed by atoms with Crippen LogP contribution in [0, 0.1) is 17.8 Å². The molecule has 28 heteroatoms. The lowest BCUT2D eigenvalue weighted by Gasteiger charge is -2.43. The van der Waals surface area contributed by atoms with Gasteiger partial charge in [-0.15, -0.1) is 0 Å². The van der Waals surface area contributed by atoms with Crippen molar-refractivity contribution < 1.29 is 134 Å². The Balaban J connectivity index is 1.80. The zero-order valence-corrected chi connectivity index (χ0v) is 57.3. The minimum absolute atomic E-state index is 0.00215.